The molecule has 64 heavy (non-hydrogen) atoms. The molecule has 0 saturated carbocycles. The lowest BCUT2D eigenvalue weighted by atomic mass is 10.0. The lowest BCUT2D eigenvalue weighted by Gasteiger charge is -2.18. The average molecular weight is 883 g/mol. The van der Waals surface area contributed by atoms with Gasteiger partial charge >= 0.3 is 11.9 Å². The first-order valence-electron chi connectivity index (χ1n) is 25.0. The smallest absolute Gasteiger partial charge is 0.326 e. The van der Waals surface area contributed by atoms with Crippen LogP contribution >= 0.6 is 0 Å². The topological polar surface area (TPSA) is 119 Å². The Balaban J connectivity index is 4.52. The number of unbranched alkanes of at least 4 members (excludes halogenated alkanes) is 7. The minimum absolute atomic E-state index is 0.0687. The lowest BCUT2D eigenvalue weighted by Crippen LogP contribution is -2.40. The van der Waals surface area contributed by atoms with Crippen LogP contribution in [0.25, 0.3) is 0 Å². The van der Waals surface area contributed by atoms with E-state index in [0.29, 0.717) is 32.2 Å². The molecular formula is C57H90N2O5. The Hall–Kier alpha value is -4.49. The van der Waals surface area contributed by atoms with Gasteiger partial charge in [0, 0.05) is 12.8 Å². The molecule has 0 aromatic heterocycles. The van der Waals surface area contributed by atoms with Crippen molar-refractivity contribution in [2.75, 3.05) is 6.54 Å². The Morgan fingerprint density at radius 2 is 0.828 bits per heavy atom. The Kier molecular flexibility index (Phi) is 46.0. The van der Waals surface area contributed by atoms with E-state index in [0.717, 1.165) is 148 Å². The van der Waals surface area contributed by atoms with Gasteiger partial charge in [0.1, 0.15) is 12.1 Å². The molecule has 7 heteroatoms. The van der Waals surface area contributed by atoms with Crippen LogP contribution in [0.1, 0.15) is 187 Å². The Bertz CT molecular complexity index is 1460. The van der Waals surface area contributed by atoms with Crippen LogP contribution in [0.3, 0.4) is 0 Å². The van der Waals surface area contributed by atoms with Gasteiger partial charge in [0.25, 0.3) is 0 Å². The van der Waals surface area contributed by atoms with Crippen molar-refractivity contribution < 1.29 is 24.2 Å². The minimum Gasteiger partial charge on any atom is -0.480 e. The summed E-state index contributed by atoms with van der Waals surface area (Å²) in [7, 11) is 0. The van der Waals surface area contributed by atoms with Gasteiger partial charge in [-0.3, -0.25) is 9.59 Å². The molecule has 0 radical (unpaired) electrons. The van der Waals surface area contributed by atoms with E-state index >= 15 is 0 Å². The van der Waals surface area contributed by atoms with Crippen molar-refractivity contribution in [1.29, 1.82) is 0 Å². The van der Waals surface area contributed by atoms with Crippen molar-refractivity contribution in [3.05, 3.63) is 134 Å². The fourth-order valence-electron chi connectivity index (χ4n) is 6.55. The summed E-state index contributed by atoms with van der Waals surface area (Å²) in [5, 5.41) is 12.0. The molecule has 0 aromatic carbocycles. The molecule has 1 amide bonds. The van der Waals surface area contributed by atoms with E-state index in [4.69, 9.17) is 10.5 Å². The molecule has 0 saturated heterocycles. The SMILES string of the molecule is CC/C=C\C/C=C\C/C=C\C/C=C\C/C=C\C/C=C\C/C=C\CCCC(=O)OC(CCCC/C=C\C/C=C\C/C=C\C/C=C\CC)CCCCCCCC(=O)NC(CCCN)C(=O)O. The second-order valence-corrected chi connectivity index (χ2v) is 16.1. The second kappa shape index (κ2) is 49.5. The summed E-state index contributed by atoms with van der Waals surface area (Å²) in [5.74, 6) is -1.34. The number of esters is 1. The van der Waals surface area contributed by atoms with Gasteiger partial charge in [-0.2, -0.15) is 0 Å². The van der Waals surface area contributed by atoms with Crippen LogP contribution in [-0.2, 0) is 19.1 Å². The molecule has 7 nitrogen and oxygen atoms in total. The van der Waals surface area contributed by atoms with Gasteiger partial charge < -0.3 is 20.9 Å². The number of nitrogens with one attached hydrogen (secondary N) is 1. The quantitative estimate of drug-likeness (QED) is 0.0319. The first-order chi connectivity index (χ1) is 31.4. The van der Waals surface area contributed by atoms with E-state index in [1.54, 1.807) is 0 Å². The van der Waals surface area contributed by atoms with E-state index in [9.17, 15) is 19.5 Å². The normalized spacial score (nSPS) is 13.8. The number of rotatable bonds is 43. The van der Waals surface area contributed by atoms with Crippen molar-refractivity contribution >= 4 is 17.8 Å². The minimum atomic E-state index is -1.02. The average Bonchev–Trinajstić information content (AvgIpc) is 3.28. The van der Waals surface area contributed by atoms with Crippen molar-refractivity contribution in [2.24, 2.45) is 5.73 Å². The number of carboxylic acid groups (broad SMARTS) is 1. The van der Waals surface area contributed by atoms with Gasteiger partial charge in [-0.05, 0) is 148 Å². The maximum atomic E-state index is 12.9. The number of amides is 1. The summed E-state index contributed by atoms with van der Waals surface area (Å²) >= 11 is 0. The molecule has 0 aromatic rings. The number of ether oxygens (including phenoxy) is 1. The van der Waals surface area contributed by atoms with E-state index in [1.165, 1.54) is 0 Å². The molecule has 0 rings (SSSR count). The van der Waals surface area contributed by atoms with Gasteiger partial charge in [0.15, 0.2) is 0 Å². The lowest BCUT2D eigenvalue weighted by molar-refractivity contribution is -0.150. The third kappa shape index (κ3) is 45.5. The van der Waals surface area contributed by atoms with Crippen LogP contribution in [0.15, 0.2) is 134 Å². The monoisotopic (exact) mass is 883 g/mol. The van der Waals surface area contributed by atoms with Gasteiger partial charge in [-0.15, -0.1) is 0 Å². The number of carbonyl (C=O) groups is 3. The molecule has 0 bridgehead atoms. The summed E-state index contributed by atoms with van der Waals surface area (Å²) in [6, 6.07) is -0.875. The highest BCUT2D eigenvalue weighted by atomic mass is 16.5. The summed E-state index contributed by atoms with van der Waals surface area (Å²) < 4.78 is 6.03. The molecular weight excluding hydrogens is 793 g/mol. The highest BCUT2D eigenvalue weighted by molar-refractivity contribution is 5.83. The predicted octanol–water partition coefficient (Wildman–Crippen LogP) is 15.1. The first kappa shape index (κ1) is 59.5. The standard InChI is InChI=1S/C57H90N2O5/c1-3-5-7-9-11-13-15-17-19-20-21-22-23-24-25-26-28-30-32-34-36-41-45-51-56(61)64-53(47-42-38-35-33-31-29-27-18-16-14-12-10-8-6-4-2)48-43-39-37-40-44-50-55(60)59-54(57(62)63)49-46-52-58/h5-8,11-14,17-19,21-22,24-25,27-28,30-31,33-34,36,53-54H,3-4,9-10,15-16,20,23,26,29,32,35,37-52,58H2,1-2H3,(H,59,60)(H,62,63)/b7-5-,8-6-,13-11-,14-12-,19-17-,22-21-,25-24-,27-18-,30-28-,33-31-,36-34-. The van der Waals surface area contributed by atoms with Gasteiger partial charge in [-0.25, -0.2) is 4.79 Å². The molecule has 0 aliphatic carbocycles. The number of nitrogens with two attached hydrogens (primary N) is 1. The Labute approximate surface area is 391 Å². The molecule has 0 fully saturated rings. The van der Waals surface area contributed by atoms with Crippen molar-refractivity contribution in [3.8, 4) is 0 Å². The molecule has 0 spiro atoms. The maximum Gasteiger partial charge on any atom is 0.326 e. The zero-order valence-corrected chi connectivity index (χ0v) is 40.3. The second-order valence-electron chi connectivity index (χ2n) is 16.1. The largest absolute Gasteiger partial charge is 0.480 e. The van der Waals surface area contributed by atoms with E-state index < -0.39 is 12.0 Å². The van der Waals surface area contributed by atoms with Crippen LogP contribution in [0, 0.1) is 0 Å². The number of carbonyl (C=O) groups excluding carboxylic acids is 2. The zero-order chi connectivity index (χ0) is 46.7. The molecule has 0 aliphatic heterocycles. The Morgan fingerprint density at radius 3 is 1.25 bits per heavy atom. The number of hydrogen-bond acceptors (Lipinski definition) is 5. The van der Waals surface area contributed by atoms with Crippen LogP contribution in [-0.4, -0.2) is 41.6 Å². The van der Waals surface area contributed by atoms with Crippen molar-refractivity contribution in [1.82, 2.24) is 5.32 Å². The maximum absolute atomic E-state index is 12.9. The van der Waals surface area contributed by atoms with E-state index in [1.807, 2.05) is 0 Å². The van der Waals surface area contributed by atoms with Crippen LogP contribution < -0.4 is 11.1 Å². The van der Waals surface area contributed by atoms with Crippen LogP contribution in [0.5, 0.6) is 0 Å². The summed E-state index contributed by atoms with van der Waals surface area (Å²) in [5.41, 5.74) is 5.50. The fourth-order valence-corrected chi connectivity index (χ4v) is 6.55. The van der Waals surface area contributed by atoms with Crippen LogP contribution in [0.2, 0.25) is 0 Å². The highest BCUT2D eigenvalue weighted by Crippen LogP contribution is 2.18. The third-order valence-electron chi connectivity index (χ3n) is 10.2. The predicted molar refractivity (Wildman–Crippen MR) is 275 cm³/mol. The Morgan fingerprint density at radius 1 is 0.453 bits per heavy atom. The van der Waals surface area contributed by atoms with Crippen LogP contribution in [0.4, 0.5) is 0 Å². The summed E-state index contributed by atoms with van der Waals surface area (Å²) in [6.07, 6.45) is 72.2. The molecule has 358 valence electrons. The molecule has 4 N–H and O–H groups in total. The van der Waals surface area contributed by atoms with Crippen molar-refractivity contribution in [2.45, 2.75) is 199 Å². The number of aliphatic carboxylic acids is 1. The number of carboxylic acids is 1. The molecule has 2 atom stereocenters. The highest BCUT2D eigenvalue weighted by Gasteiger charge is 2.19. The molecule has 0 heterocycles. The first-order valence-corrected chi connectivity index (χ1v) is 25.0. The summed E-state index contributed by atoms with van der Waals surface area (Å²) in [6.45, 7) is 4.70. The summed E-state index contributed by atoms with van der Waals surface area (Å²) in [4.78, 5) is 36.5. The third-order valence-corrected chi connectivity index (χ3v) is 10.2. The number of hydrogen-bond donors (Lipinski definition) is 3. The number of allylic oxidation sites excluding steroid dienone is 22. The van der Waals surface area contributed by atoms with Crippen molar-refractivity contribution in [3.63, 3.8) is 0 Å². The zero-order valence-electron chi connectivity index (χ0n) is 40.3. The molecule has 2 unspecified atom stereocenters. The molecule has 0 aliphatic rings. The fraction of sp³-hybridized carbons (Fsp3) is 0.561. The van der Waals surface area contributed by atoms with E-state index in [2.05, 4.69) is 153 Å². The van der Waals surface area contributed by atoms with E-state index in [-0.39, 0.29) is 18.0 Å². The van der Waals surface area contributed by atoms with Gasteiger partial charge in [0.2, 0.25) is 5.91 Å². The van der Waals surface area contributed by atoms with Gasteiger partial charge in [-0.1, -0.05) is 167 Å². The van der Waals surface area contributed by atoms with Gasteiger partial charge in [0.05, 0.1) is 0 Å².